The van der Waals surface area contributed by atoms with Gasteiger partial charge in [0, 0.05) is 6.42 Å². The Morgan fingerprint density at radius 3 is 2.38 bits per heavy atom. The highest BCUT2D eigenvalue weighted by atomic mass is 16.5. The van der Waals surface area contributed by atoms with E-state index in [1.165, 1.54) is 0 Å². The molecule has 0 bridgehead atoms. The highest BCUT2D eigenvalue weighted by Gasteiger charge is 2.09. The Morgan fingerprint density at radius 1 is 1.10 bits per heavy atom. The van der Waals surface area contributed by atoms with Crippen LogP contribution in [0.2, 0.25) is 0 Å². The van der Waals surface area contributed by atoms with E-state index < -0.39 is 0 Å². The second-order valence-corrected chi connectivity index (χ2v) is 5.05. The lowest BCUT2D eigenvalue weighted by Crippen LogP contribution is -2.26. The monoisotopic (exact) mass is 283 g/mol. The van der Waals surface area contributed by atoms with Crippen LogP contribution >= 0.6 is 0 Å². The quantitative estimate of drug-likeness (QED) is 0.881. The van der Waals surface area contributed by atoms with Gasteiger partial charge in [0.2, 0.25) is 5.91 Å². The number of nitrogens with one attached hydrogen (secondary N) is 1. The number of methoxy groups -OCH3 is 1. The predicted octanol–water partition coefficient (Wildman–Crippen LogP) is 3.51. The molecule has 3 heteroatoms. The fourth-order valence-electron chi connectivity index (χ4n) is 2.19. The van der Waals surface area contributed by atoms with E-state index in [-0.39, 0.29) is 11.9 Å². The van der Waals surface area contributed by atoms with Crippen LogP contribution in [0.1, 0.15) is 30.5 Å². The molecule has 110 valence electrons. The molecule has 0 aromatic heterocycles. The van der Waals surface area contributed by atoms with Crippen molar-refractivity contribution in [3.8, 4) is 5.75 Å². The summed E-state index contributed by atoms with van der Waals surface area (Å²) in [7, 11) is 1.65. The van der Waals surface area contributed by atoms with Crippen LogP contribution in [0.5, 0.6) is 5.75 Å². The highest BCUT2D eigenvalue weighted by Crippen LogP contribution is 2.14. The zero-order valence-corrected chi connectivity index (χ0v) is 12.5. The van der Waals surface area contributed by atoms with Crippen molar-refractivity contribution in [2.75, 3.05) is 7.11 Å². The summed E-state index contributed by atoms with van der Waals surface area (Å²) >= 11 is 0. The summed E-state index contributed by atoms with van der Waals surface area (Å²) in [5.41, 5.74) is 2.26. The minimum absolute atomic E-state index is 0.0366. The van der Waals surface area contributed by atoms with E-state index in [0.29, 0.717) is 6.42 Å². The van der Waals surface area contributed by atoms with Crippen molar-refractivity contribution in [2.45, 2.75) is 25.8 Å². The zero-order chi connectivity index (χ0) is 15.1. The predicted molar refractivity (Wildman–Crippen MR) is 84.3 cm³/mol. The molecule has 1 N–H and O–H groups in total. The number of hydrogen-bond donors (Lipinski definition) is 1. The maximum Gasteiger partial charge on any atom is 0.220 e. The number of carbonyl (C=O) groups is 1. The molecule has 3 nitrogen and oxygen atoms in total. The van der Waals surface area contributed by atoms with Gasteiger partial charge in [0.1, 0.15) is 5.75 Å². The van der Waals surface area contributed by atoms with Crippen molar-refractivity contribution in [3.63, 3.8) is 0 Å². The van der Waals surface area contributed by atoms with Gasteiger partial charge in [0.15, 0.2) is 0 Å². The summed E-state index contributed by atoms with van der Waals surface area (Å²) < 4.78 is 5.12. The highest BCUT2D eigenvalue weighted by molar-refractivity contribution is 5.76. The maximum absolute atomic E-state index is 12.0. The molecule has 2 aromatic carbocycles. The molecule has 0 heterocycles. The molecule has 0 aliphatic carbocycles. The van der Waals surface area contributed by atoms with Crippen molar-refractivity contribution in [3.05, 3.63) is 65.7 Å². The second-order valence-electron chi connectivity index (χ2n) is 5.05. The van der Waals surface area contributed by atoms with Gasteiger partial charge in [-0.3, -0.25) is 4.79 Å². The lowest BCUT2D eigenvalue weighted by molar-refractivity contribution is -0.121. The summed E-state index contributed by atoms with van der Waals surface area (Å²) in [5.74, 6) is 0.906. The number of benzene rings is 2. The second kappa shape index (κ2) is 7.48. The Labute approximate surface area is 126 Å². The zero-order valence-electron chi connectivity index (χ0n) is 12.5. The molecule has 0 radical (unpaired) electrons. The van der Waals surface area contributed by atoms with E-state index in [1.807, 2.05) is 61.5 Å². The van der Waals surface area contributed by atoms with Crippen LogP contribution in [-0.2, 0) is 11.2 Å². The van der Waals surface area contributed by atoms with Crippen molar-refractivity contribution in [1.29, 1.82) is 0 Å². The molecule has 1 atom stereocenters. The van der Waals surface area contributed by atoms with Crippen molar-refractivity contribution in [1.82, 2.24) is 5.32 Å². The van der Waals surface area contributed by atoms with Crippen molar-refractivity contribution in [2.24, 2.45) is 0 Å². The third-order valence-electron chi connectivity index (χ3n) is 3.48. The van der Waals surface area contributed by atoms with Gasteiger partial charge in [-0.25, -0.2) is 0 Å². The number of aryl methyl sites for hydroxylation is 1. The molecular weight excluding hydrogens is 262 g/mol. The van der Waals surface area contributed by atoms with Crippen molar-refractivity contribution >= 4 is 5.91 Å². The topological polar surface area (TPSA) is 38.3 Å². The third-order valence-corrected chi connectivity index (χ3v) is 3.48. The van der Waals surface area contributed by atoms with E-state index in [1.54, 1.807) is 7.11 Å². The first-order valence-electron chi connectivity index (χ1n) is 7.16. The number of carbonyl (C=O) groups excluding carboxylic acids is 1. The van der Waals surface area contributed by atoms with Crippen LogP contribution in [0.4, 0.5) is 0 Å². The van der Waals surface area contributed by atoms with Crippen molar-refractivity contribution < 1.29 is 9.53 Å². The molecule has 0 saturated heterocycles. The molecule has 0 saturated carbocycles. The molecule has 0 fully saturated rings. The fourth-order valence-corrected chi connectivity index (χ4v) is 2.19. The fraction of sp³-hybridized carbons (Fsp3) is 0.278. The van der Waals surface area contributed by atoms with Gasteiger partial charge >= 0.3 is 0 Å². The van der Waals surface area contributed by atoms with Gasteiger partial charge < -0.3 is 10.1 Å². The maximum atomic E-state index is 12.0. The smallest absolute Gasteiger partial charge is 0.220 e. The molecular formula is C18H21NO2. The minimum Gasteiger partial charge on any atom is -0.497 e. The third kappa shape index (κ3) is 4.63. The van der Waals surface area contributed by atoms with Gasteiger partial charge in [0.25, 0.3) is 0 Å². The summed E-state index contributed by atoms with van der Waals surface area (Å²) in [6.45, 7) is 2.00. The van der Waals surface area contributed by atoms with Crippen LogP contribution in [-0.4, -0.2) is 13.0 Å². The molecule has 1 amide bonds. The van der Waals surface area contributed by atoms with Gasteiger partial charge in [-0.2, -0.15) is 0 Å². The molecule has 2 aromatic rings. The molecule has 2 rings (SSSR count). The first-order valence-corrected chi connectivity index (χ1v) is 7.16. The van der Waals surface area contributed by atoms with E-state index in [4.69, 9.17) is 4.74 Å². The molecule has 0 unspecified atom stereocenters. The Hall–Kier alpha value is -2.29. The Kier molecular flexibility index (Phi) is 5.38. The SMILES string of the molecule is COc1ccc(CCC(=O)N[C@@H](C)c2ccccc2)cc1. The minimum atomic E-state index is 0.0366. The van der Waals surface area contributed by atoms with E-state index in [0.717, 1.165) is 23.3 Å². The number of rotatable bonds is 6. The summed E-state index contributed by atoms with van der Waals surface area (Å²) in [6.07, 6.45) is 1.22. The lowest BCUT2D eigenvalue weighted by Gasteiger charge is -2.14. The average Bonchev–Trinajstić information content (AvgIpc) is 2.54. The Morgan fingerprint density at radius 2 is 1.76 bits per heavy atom. The summed E-state index contributed by atoms with van der Waals surface area (Å²) in [6, 6.07) is 17.8. The number of amides is 1. The summed E-state index contributed by atoms with van der Waals surface area (Å²) in [5, 5.41) is 3.03. The van der Waals surface area contributed by atoms with Crippen LogP contribution in [0, 0.1) is 0 Å². The van der Waals surface area contributed by atoms with Crippen LogP contribution in [0.25, 0.3) is 0 Å². The number of ether oxygens (including phenoxy) is 1. The average molecular weight is 283 g/mol. The number of hydrogen-bond acceptors (Lipinski definition) is 2. The van der Waals surface area contributed by atoms with E-state index >= 15 is 0 Å². The molecule has 0 aliphatic rings. The van der Waals surface area contributed by atoms with E-state index in [2.05, 4.69) is 5.32 Å². The Balaban J connectivity index is 1.81. The molecule has 21 heavy (non-hydrogen) atoms. The van der Waals surface area contributed by atoms with Gasteiger partial charge in [0.05, 0.1) is 13.2 Å². The van der Waals surface area contributed by atoms with Gasteiger partial charge in [-0.15, -0.1) is 0 Å². The normalized spacial score (nSPS) is 11.7. The Bertz CT molecular complexity index is 564. The summed E-state index contributed by atoms with van der Waals surface area (Å²) in [4.78, 5) is 12.0. The molecule has 0 aliphatic heterocycles. The molecule has 0 spiro atoms. The van der Waals surface area contributed by atoms with Crippen LogP contribution in [0.15, 0.2) is 54.6 Å². The van der Waals surface area contributed by atoms with Gasteiger partial charge in [-0.05, 0) is 36.6 Å². The van der Waals surface area contributed by atoms with Gasteiger partial charge in [-0.1, -0.05) is 42.5 Å². The van der Waals surface area contributed by atoms with Crippen LogP contribution in [0.3, 0.4) is 0 Å². The lowest BCUT2D eigenvalue weighted by atomic mass is 10.1. The van der Waals surface area contributed by atoms with E-state index in [9.17, 15) is 4.79 Å². The van der Waals surface area contributed by atoms with Crippen LogP contribution < -0.4 is 10.1 Å². The first kappa shape index (κ1) is 15.1. The standard InChI is InChI=1S/C18H21NO2/c1-14(16-6-4-3-5-7-16)19-18(20)13-10-15-8-11-17(21-2)12-9-15/h3-9,11-12,14H,10,13H2,1-2H3,(H,19,20)/t14-/m0/s1. The first-order chi connectivity index (χ1) is 10.2. The largest absolute Gasteiger partial charge is 0.497 e.